The minimum atomic E-state index is 0.917. The number of hydrogen-bond donors (Lipinski definition) is 1. The SMILES string of the molecule is CCC[N]c1ccc[nH]1. The first kappa shape index (κ1) is 6.20. The summed E-state index contributed by atoms with van der Waals surface area (Å²) in [7, 11) is 0. The van der Waals surface area contributed by atoms with Gasteiger partial charge in [-0.15, -0.1) is 0 Å². The standard InChI is InChI=1S/C7H11N2/c1-2-5-8-7-4-3-6-9-7/h3-4,6,9H,2,5H2,1H3. The fraction of sp³-hybridized carbons (Fsp3) is 0.429. The Hall–Kier alpha value is -0.920. The van der Waals surface area contributed by atoms with Crippen LogP contribution in [0.15, 0.2) is 18.3 Å². The zero-order chi connectivity index (χ0) is 6.53. The molecule has 0 aliphatic carbocycles. The third-order valence-electron chi connectivity index (χ3n) is 1.09. The molecule has 0 amide bonds. The summed E-state index contributed by atoms with van der Waals surface area (Å²) in [4.78, 5) is 3.01. The molecular formula is C7H11N2. The Balaban J connectivity index is 2.30. The van der Waals surface area contributed by atoms with E-state index < -0.39 is 0 Å². The smallest absolute Gasteiger partial charge is 0.124 e. The van der Waals surface area contributed by atoms with Crippen molar-refractivity contribution < 1.29 is 0 Å². The van der Waals surface area contributed by atoms with Gasteiger partial charge in [0.15, 0.2) is 0 Å². The zero-order valence-electron chi connectivity index (χ0n) is 5.59. The molecule has 1 rings (SSSR count). The predicted octanol–water partition coefficient (Wildman–Crippen LogP) is 1.66. The van der Waals surface area contributed by atoms with Crippen LogP contribution in [0.3, 0.4) is 0 Å². The Labute approximate surface area is 55.3 Å². The van der Waals surface area contributed by atoms with Gasteiger partial charge in [0.2, 0.25) is 0 Å². The van der Waals surface area contributed by atoms with E-state index in [4.69, 9.17) is 0 Å². The van der Waals surface area contributed by atoms with Crippen molar-refractivity contribution in [1.29, 1.82) is 0 Å². The maximum absolute atomic E-state index is 4.23. The number of aromatic nitrogens is 1. The molecule has 1 radical (unpaired) electrons. The molecule has 0 unspecified atom stereocenters. The van der Waals surface area contributed by atoms with Gasteiger partial charge in [-0.3, -0.25) is 5.32 Å². The fourth-order valence-electron chi connectivity index (χ4n) is 0.651. The second kappa shape index (κ2) is 3.17. The summed E-state index contributed by atoms with van der Waals surface area (Å²) in [6.07, 6.45) is 2.99. The highest BCUT2D eigenvalue weighted by molar-refractivity contribution is 5.24. The van der Waals surface area contributed by atoms with Gasteiger partial charge >= 0.3 is 0 Å². The molecule has 0 aliphatic heterocycles. The van der Waals surface area contributed by atoms with Crippen LogP contribution in [0.25, 0.3) is 0 Å². The van der Waals surface area contributed by atoms with E-state index in [0.29, 0.717) is 0 Å². The number of aromatic amines is 1. The molecule has 49 valence electrons. The lowest BCUT2D eigenvalue weighted by Gasteiger charge is -1.93. The topological polar surface area (TPSA) is 29.9 Å². The molecular weight excluding hydrogens is 112 g/mol. The number of nitrogens with one attached hydrogen (secondary N) is 1. The van der Waals surface area contributed by atoms with Crippen LogP contribution < -0.4 is 5.32 Å². The van der Waals surface area contributed by atoms with E-state index in [9.17, 15) is 0 Å². The highest BCUT2D eigenvalue weighted by Crippen LogP contribution is 1.99. The van der Waals surface area contributed by atoms with E-state index >= 15 is 0 Å². The summed E-state index contributed by atoms with van der Waals surface area (Å²) >= 11 is 0. The second-order valence-corrected chi connectivity index (χ2v) is 1.94. The molecule has 0 bridgehead atoms. The summed E-state index contributed by atoms with van der Waals surface area (Å²) in [5.74, 6) is 0.983. The Morgan fingerprint density at radius 3 is 3.11 bits per heavy atom. The molecule has 0 aromatic carbocycles. The van der Waals surface area contributed by atoms with Gasteiger partial charge in [0.25, 0.3) is 0 Å². The van der Waals surface area contributed by atoms with Crippen molar-refractivity contribution >= 4 is 5.82 Å². The maximum Gasteiger partial charge on any atom is 0.124 e. The third kappa shape index (κ3) is 1.80. The molecule has 1 N–H and O–H groups in total. The van der Waals surface area contributed by atoms with Gasteiger partial charge in [-0.25, -0.2) is 0 Å². The summed E-state index contributed by atoms with van der Waals surface area (Å²) < 4.78 is 0. The molecule has 1 aromatic rings. The highest BCUT2D eigenvalue weighted by atomic mass is 15.0. The average Bonchev–Trinajstić information content (AvgIpc) is 2.34. The van der Waals surface area contributed by atoms with Crippen LogP contribution in [0, 0.1) is 0 Å². The van der Waals surface area contributed by atoms with Crippen molar-refractivity contribution in [2.24, 2.45) is 0 Å². The molecule has 2 heteroatoms. The number of H-pyrrole nitrogens is 1. The second-order valence-electron chi connectivity index (χ2n) is 1.94. The average molecular weight is 123 g/mol. The molecule has 0 saturated carbocycles. The van der Waals surface area contributed by atoms with Gasteiger partial charge in [0, 0.05) is 12.7 Å². The molecule has 0 fully saturated rings. The quantitative estimate of drug-likeness (QED) is 0.633. The van der Waals surface area contributed by atoms with Crippen LogP contribution >= 0.6 is 0 Å². The highest BCUT2D eigenvalue weighted by Gasteiger charge is 1.88. The minimum Gasteiger partial charge on any atom is -0.347 e. The maximum atomic E-state index is 4.23. The number of nitrogens with zero attached hydrogens (tertiary/aromatic N) is 1. The first-order valence-corrected chi connectivity index (χ1v) is 3.24. The number of rotatable bonds is 3. The van der Waals surface area contributed by atoms with Crippen molar-refractivity contribution in [3.63, 3.8) is 0 Å². The van der Waals surface area contributed by atoms with Crippen molar-refractivity contribution in [2.45, 2.75) is 13.3 Å². The van der Waals surface area contributed by atoms with Gasteiger partial charge in [-0.05, 0) is 18.6 Å². The normalized spacial score (nSPS) is 9.44. The Morgan fingerprint density at radius 1 is 1.67 bits per heavy atom. The predicted molar refractivity (Wildman–Crippen MR) is 37.7 cm³/mol. The largest absolute Gasteiger partial charge is 0.347 e. The Bertz CT molecular complexity index is 144. The zero-order valence-corrected chi connectivity index (χ0v) is 5.59. The van der Waals surface area contributed by atoms with Crippen molar-refractivity contribution in [3.8, 4) is 0 Å². The van der Waals surface area contributed by atoms with E-state index in [-0.39, 0.29) is 0 Å². The van der Waals surface area contributed by atoms with Crippen LogP contribution in [0.2, 0.25) is 0 Å². The van der Waals surface area contributed by atoms with Gasteiger partial charge in [-0.2, -0.15) is 0 Å². The van der Waals surface area contributed by atoms with Crippen molar-refractivity contribution in [2.75, 3.05) is 6.54 Å². The Morgan fingerprint density at radius 2 is 2.56 bits per heavy atom. The molecule has 1 aromatic heterocycles. The summed E-state index contributed by atoms with van der Waals surface area (Å²) in [6, 6.07) is 3.92. The number of hydrogen-bond acceptors (Lipinski definition) is 0. The first-order chi connectivity index (χ1) is 4.43. The molecule has 9 heavy (non-hydrogen) atoms. The van der Waals surface area contributed by atoms with Crippen LogP contribution in [0.4, 0.5) is 5.82 Å². The van der Waals surface area contributed by atoms with Crippen LogP contribution in [0.5, 0.6) is 0 Å². The van der Waals surface area contributed by atoms with E-state index in [1.807, 2.05) is 18.3 Å². The van der Waals surface area contributed by atoms with Gasteiger partial charge in [-0.1, -0.05) is 6.92 Å². The lowest BCUT2D eigenvalue weighted by atomic mass is 10.5. The molecule has 2 nitrogen and oxygen atoms in total. The Kier molecular flexibility index (Phi) is 2.19. The summed E-state index contributed by atoms with van der Waals surface area (Å²) in [5.41, 5.74) is 0. The lowest BCUT2D eigenvalue weighted by molar-refractivity contribution is 0.792. The molecule has 0 spiro atoms. The van der Waals surface area contributed by atoms with Crippen LogP contribution in [0.1, 0.15) is 13.3 Å². The molecule has 0 saturated heterocycles. The lowest BCUT2D eigenvalue weighted by Crippen LogP contribution is -1.97. The van der Waals surface area contributed by atoms with Gasteiger partial charge < -0.3 is 4.98 Å². The van der Waals surface area contributed by atoms with E-state index in [2.05, 4.69) is 17.2 Å². The van der Waals surface area contributed by atoms with Crippen molar-refractivity contribution in [1.82, 2.24) is 10.3 Å². The summed E-state index contributed by atoms with van der Waals surface area (Å²) in [6.45, 7) is 3.03. The molecule has 0 atom stereocenters. The van der Waals surface area contributed by atoms with E-state index in [1.54, 1.807) is 0 Å². The van der Waals surface area contributed by atoms with Gasteiger partial charge in [0.05, 0.1) is 0 Å². The monoisotopic (exact) mass is 123 g/mol. The molecule has 0 aliphatic rings. The van der Waals surface area contributed by atoms with E-state index in [1.165, 1.54) is 0 Å². The summed E-state index contributed by atoms with van der Waals surface area (Å²) in [5, 5.41) is 4.23. The fourth-order valence-corrected chi connectivity index (χ4v) is 0.651. The van der Waals surface area contributed by atoms with Crippen LogP contribution in [-0.4, -0.2) is 11.5 Å². The van der Waals surface area contributed by atoms with Crippen LogP contribution in [-0.2, 0) is 0 Å². The minimum absolute atomic E-state index is 0.917. The third-order valence-corrected chi connectivity index (χ3v) is 1.09. The first-order valence-electron chi connectivity index (χ1n) is 3.24. The molecule has 1 heterocycles. The van der Waals surface area contributed by atoms with Crippen molar-refractivity contribution in [3.05, 3.63) is 18.3 Å². The van der Waals surface area contributed by atoms with E-state index in [0.717, 1.165) is 18.8 Å². The van der Waals surface area contributed by atoms with Gasteiger partial charge in [0.1, 0.15) is 5.82 Å².